The van der Waals surface area contributed by atoms with Crippen molar-refractivity contribution in [3.8, 4) is 0 Å². The molecule has 4 heteroatoms. The Balaban J connectivity index is 1.93. The Kier molecular flexibility index (Phi) is 4.93. The van der Waals surface area contributed by atoms with E-state index in [-0.39, 0.29) is 5.91 Å². The second-order valence-electron chi connectivity index (χ2n) is 5.20. The third-order valence-corrected chi connectivity index (χ3v) is 3.54. The molecule has 0 saturated heterocycles. The van der Waals surface area contributed by atoms with E-state index in [9.17, 15) is 9.59 Å². The molecule has 20 heavy (non-hydrogen) atoms. The summed E-state index contributed by atoms with van der Waals surface area (Å²) in [5, 5.41) is 11.5. The quantitative estimate of drug-likeness (QED) is 0.809. The van der Waals surface area contributed by atoms with Crippen LogP contribution in [0.25, 0.3) is 6.08 Å². The van der Waals surface area contributed by atoms with Crippen molar-refractivity contribution in [1.29, 1.82) is 0 Å². The molecule has 1 saturated carbocycles. The zero-order valence-electron chi connectivity index (χ0n) is 11.3. The van der Waals surface area contributed by atoms with Gasteiger partial charge in [0.2, 0.25) is 5.91 Å². The van der Waals surface area contributed by atoms with Crippen LogP contribution >= 0.6 is 0 Å². The fourth-order valence-corrected chi connectivity index (χ4v) is 2.58. The highest BCUT2D eigenvalue weighted by Crippen LogP contribution is 2.27. The van der Waals surface area contributed by atoms with Crippen LogP contribution in [-0.2, 0) is 9.59 Å². The molecule has 0 radical (unpaired) electrons. The third-order valence-electron chi connectivity index (χ3n) is 3.54. The number of amides is 1. The molecule has 106 valence electrons. The molecule has 1 fully saturated rings. The SMILES string of the molecule is O=C(O)C=Cc1cccc(NC(=O)CC2CCCC2)c1. The molecular weight excluding hydrogens is 254 g/mol. The first-order chi connectivity index (χ1) is 9.63. The van der Waals surface area contributed by atoms with Gasteiger partial charge in [-0.15, -0.1) is 0 Å². The molecule has 1 aromatic rings. The lowest BCUT2D eigenvalue weighted by Crippen LogP contribution is -2.15. The molecule has 0 atom stereocenters. The maximum atomic E-state index is 11.9. The first kappa shape index (κ1) is 14.3. The smallest absolute Gasteiger partial charge is 0.328 e. The van der Waals surface area contributed by atoms with Gasteiger partial charge in [-0.05, 0) is 42.5 Å². The van der Waals surface area contributed by atoms with E-state index < -0.39 is 5.97 Å². The Hall–Kier alpha value is -2.10. The minimum absolute atomic E-state index is 0.0382. The van der Waals surface area contributed by atoms with E-state index in [1.165, 1.54) is 18.9 Å². The molecule has 1 aliphatic rings. The summed E-state index contributed by atoms with van der Waals surface area (Å²) in [4.78, 5) is 22.4. The second-order valence-corrected chi connectivity index (χ2v) is 5.20. The van der Waals surface area contributed by atoms with Crippen molar-refractivity contribution in [3.05, 3.63) is 35.9 Å². The Bertz CT molecular complexity index is 516. The number of hydrogen-bond acceptors (Lipinski definition) is 2. The summed E-state index contributed by atoms with van der Waals surface area (Å²) in [6.07, 6.45) is 7.92. The topological polar surface area (TPSA) is 66.4 Å². The lowest BCUT2D eigenvalue weighted by atomic mass is 10.0. The number of nitrogens with one attached hydrogen (secondary N) is 1. The summed E-state index contributed by atoms with van der Waals surface area (Å²) in [7, 11) is 0. The standard InChI is InChI=1S/C16H19NO3/c18-15(11-12-4-1-2-5-12)17-14-7-3-6-13(10-14)8-9-16(19)20/h3,6-10,12H,1-2,4-5,11H2,(H,17,18)(H,19,20). The molecule has 2 N–H and O–H groups in total. The van der Waals surface area contributed by atoms with Crippen molar-refractivity contribution in [2.75, 3.05) is 5.32 Å². The van der Waals surface area contributed by atoms with Crippen LogP contribution in [0.3, 0.4) is 0 Å². The number of aliphatic carboxylic acids is 1. The molecule has 0 aromatic heterocycles. The fourth-order valence-electron chi connectivity index (χ4n) is 2.58. The summed E-state index contributed by atoms with van der Waals surface area (Å²) < 4.78 is 0. The van der Waals surface area contributed by atoms with E-state index >= 15 is 0 Å². The van der Waals surface area contributed by atoms with Crippen molar-refractivity contribution in [2.45, 2.75) is 32.1 Å². The molecule has 1 aromatic carbocycles. The van der Waals surface area contributed by atoms with Gasteiger partial charge in [-0.1, -0.05) is 25.0 Å². The van der Waals surface area contributed by atoms with E-state index in [0.717, 1.165) is 24.5 Å². The van der Waals surface area contributed by atoms with Gasteiger partial charge >= 0.3 is 5.97 Å². The third kappa shape index (κ3) is 4.53. The Labute approximate surface area is 118 Å². The summed E-state index contributed by atoms with van der Waals surface area (Å²) in [5.74, 6) is -0.429. The Morgan fingerprint density at radius 1 is 1.30 bits per heavy atom. The number of carbonyl (C=O) groups excluding carboxylic acids is 1. The van der Waals surface area contributed by atoms with Crippen molar-refractivity contribution < 1.29 is 14.7 Å². The maximum Gasteiger partial charge on any atom is 0.328 e. The van der Waals surface area contributed by atoms with E-state index in [4.69, 9.17) is 5.11 Å². The van der Waals surface area contributed by atoms with Crippen LogP contribution in [0.2, 0.25) is 0 Å². The van der Waals surface area contributed by atoms with E-state index in [0.29, 0.717) is 18.0 Å². The van der Waals surface area contributed by atoms with Gasteiger partial charge in [0.25, 0.3) is 0 Å². The molecule has 0 aliphatic heterocycles. The number of benzene rings is 1. The van der Waals surface area contributed by atoms with Crippen LogP contribution in [-0.4, -0.2) is 17.0 Å². The van der Waals surface area contributed by atoms with Crippen LogP contribution < -0.4 is 5.32 Å². The molecule has 1 aliphatic carbocycles. The summed E-state index contributed by atoms with van der Waals surface area (Å²) in [6, 6.07) is 7.18. The number of rotatable bonds is 5. The number of carbonyl (C=O) groups is 2. The number of hydrogen-bond donors (Lipinski definition) is 2. The van der Waals surface area contributed by atoms with Crippen LogP contribution in [0.15, 0.2) is 30.3 Å². The average molecular weight is 273 g/mol. The molecule has 1 amide bonds. The summed E-state index contributed by atoms with van der Waals surface area (Å²) in [6.45, 7) is 0. The molecular formula is C16H19NO3. The summed E-state index contributed by atoms with van der Waals surface area (Å²) in [5.41, 5.74) is 1.46. The second kappa shape index (κ2) is 6.89. The number of anilines is 1. The normalized spacial score (nSPS) is 15.6. The predicted molar refractivity (Wildman–Crippen MR) is 78.3 cm³/mol. The van der Waals surface area contributed by atoms with Crippen LogP contribution in [0, 0.1) is 5.92 Å². The molecule has 2 rings (SSSR count). The predicted octanol–water partition coefficient (Wildman–Crippen LogP) is 3.30. The monoisotopic (exact) mass is 273 g/mol. The molecule has 0 heterocycles. The first-order valence-electron chi connectivity index (χ1n) is 6.94. The molecule has 0 spiro atoms. The van der Waals surface area contributed by atoms with Crippen molar-refractivity contribution in [2.24, 2.45) is 5.92 Å². The number of carboxylic acids is 1. The van der Waals surface area contributed by atoms with Gasteiger partial charge < -0.3 is 10.4 Å². The van der Waals surface area contributed by atoms with Crippen LogP contribution in [0.4, 0.5) is 5.69 Å². The minimum Gasteiger partial charge on any atom is -0.478 e. The van der Waals surface area contributed by atoms with Gasteiger partial charge in [0.15, 0.2) is 0 Å². The highest BCUT2D eigenvalue weighted by atomic mass is 16.4. The molecule has 4 nitrogen and oxygen atoms in total. The minimum atomic E-state index is -0.985. The van der Waals surface area contributed by atoms with Crippen LogP contribution in [0.5, 0.6) is 0 Å². The van der Waals surface area contributed by atoms with E-state index in [1.807, 2.05) is 6.07 Å². The highest BCUT2D eigenvalue weighted by molar-refractivity contribution is 5.91. The average Bonchev–Trinajstić information content (AvgIpc) is 2.89. The molecule has 0 unspecified atom stereocenters. The van der Waals surface area contributed by atoms with Crippen molar-refractivity contribution in [1.82, 2.24) is 0 Å². The maximum absolute atomic E-state index is 11.9. The lowest BCUT2D eigenvalue weighted by Gasteiger charge is -2.10. The lowest BCUT2D eigenvalue weighted by molar-refractivity contribution is -0.131. The van der Waals surface area contributed by atoms with Gasteiger partial charge in [-0.25, -0.2) is 4.79 Å². The summed E-state index contributed by atoms with van der Waals surface area (Å²) >= 11 is 0. The molecule has 0 bridgehead atoms. The Morgan fingerprint density at radius 3 is 2.75 bits per heavy atom. The number of carboxylic acid groups (broad SMARTS) is 1. The van der Waals surface area contributed by atoms with Gasteiger partial charge in [-0.2, -0.15) is 0 Å². The van der Waals surface area contributed by atoms with Gasteiger partial charge in [0.05, 0.1) is 0 Å². The van der Waals surface area contributed by atoms with Gasteiger partial charge in [0.1, 0.15) is 0 Å². The Morgan fingerprint density at radius 2 is 2.05 bits per heavy atom. The van der Waals surface area contributed by atoms with Crippen molar-refractivity contribution >= 4 is 23.6 Å². The van der Waals surface area contributed by atoms with E-state index in [1.54, 1.807) is 18.2 Å². The zero-order valence-corrected chi connectivity index (χ0v) is 11.3. The van der Waals surface area contributed by atoms with E-state index in [2.05, 4.69) is 5.32 Å². The van der Waals surface area contributed by atoms with Gasteiger partial charge in [0, 0.05) is 18.2 Å². The van der Waals surface area contributed by atoms with Crippen molar-refractivity contribution in [3.63, 3.8) is 0 Å². The van der Waals surface area contributed by atoms with Crippen LogP contribution in [0.1, 0.15) is 37.7 Å². The van der Waals surface area contributed by atoms with Gasteiger partial charge in [-0.3, -0.25) is 4.79 Å². The first-order valence-corrected chi connectivity index (χ1v) is 6.94. The highest BCUT2D eigenvalue weighted by Gasteiger charge is 2.18. The largest absolute Gasteiger partial charge is 0.478 e. The fraction of sp³-hybridized carbons (Fsp3) is 0.375. The zero-order chi connectivity index (χ0) is 14.4.